The molecule has 0 radical (unpaired) electrons. The van der Waals surface area contributed by atoms with Crippen molar-refractivity contribution in [3.63, 3.8) is 0 Å². The molecule has 0 heterocycles. The fourth-order valence-corrected chi connectivity index (χ4v) is 1.43. The zero-order chi connectivity index (χ0) is 12.8. The molecule has 0 saturated heterocycles. The van der Waals surface area contributed by atoms with Crippen LogP contribution in [0.4, 0.5) is 0 Å². The number of hydrogen-bond donors (Lipinski definition) is 0. The minimum Gasteiger partial charge on any atom is -0.497 e. The van der Waals surface area contributed by atoms with Crippen molar-refractivity contribution in [2.75, 3.05) is 41.3 Å². The molecule has 0 fully saturated rings. The third-order valence-electron chi connectivity index (χ3n) is 2.55. The Morgan fingerprint density at radius 1 is 1.24 bits per heavy atom. The molecule has 0 saturated carbocycles. The Morgan fingerprint density at radius 2 is 1.94 bits per heavy atom. The molecule has 0 aliphatic carbocycles. The van der Waals surface area contributed by atoms with Gasteiger partial charge >= 0.3 is 0 Å². The molecule has 0 aliphatic heterocycles. The van der Waals surface area contributed by atoms with Gasteiger partial charge in [-0.05, 0) is 32.3 Å². The largest absolute Gasteiger partial charge is 0.497 e. The molecule has 0 aromatic heterocycles. The fraction of sp³-hybridized carbons (Fsp3) is 0.462. The van der Waals surface area contributed by atoms with Gasteiger partial charge in [-0.3, -0.25) is 4.79 Å². The Morgan fingerprint density at radius 3 is 2.53 bits per heavy atom. The van der Waals surface area contributed by atoms with Gasteiger partial charge in [0.05, 0.1) is 7.11 Å². The van der Waals surface area contributed by atoms with E-state index in [1.54, 1.807) is 24.1 Å². The second kappa shape index (κ2) is 6.25. The first-order valence-electron chi connectivity index (χ1n) is 5.59. The number of benzene rings is 1. The van der Waals surface area contributed by atoms with Crippen molar-refractivity contribution in [2.45, 2.75) is 0 Å². The molecule has 1 aromatic rings. The fourth-order valence-electron chi connectivity index (χ4n) is 1.43. The lowest BCUT2D eigenvalue weighted by atomic mass is 10.2. The van der Waals surface area contributed by atoms with Crippen LogP contribution in [0, 0.1) is 0 Å². The molecule has 0 spiro atoms. The van der Waals surface area contributed by atoms with E-state index in [0.29, 0.717) is 17.9 Å². The third kappa shape index (κ3) is 4.07. The van der Waals surface area contributed by atoms with Crippen molar-refractivity contribution in [2.24, 2.45) is 0 Å². The van der Waals surface area contributed by atoms with E-state index >= 15 is 0 Å². The van der Waals surface area contributed by atoms with Gasteiger partial charge in [-0.15, -0.1) is 0 Å². The zero-order valence-electron chi connectivity index (χ0n) is 10.9. The minimum absolute atomic E-state index is 0.0192. The Balaban J connectivity index is 2.67. The summed E-state index contributed by atoms with van der Waals surface area (Å²) in [6, 6.07) is 7.22. The summed E-state index contributed by atoms with van der Waals surface area (Å²) in [7, 11) is 7.39. The van der Waals surface area contributed by atoms with Gasteiger partial charge in [0, 0.05) is 25.7 Å². The van der Waals surface area contributed by atoms with Crippen LogP contribution in [0.15, 0.2) is 24.3 Å². The number of likely N-dealkylation sites (N-methyl/N-ethyl adjacent to an activating group) is 2. The second-order valence-electron chi connectivity index (χ2n) is 4.26. The lowest BCUT2D eigenvalue weighted by Crippen LogP contribution is -2.33. The van der Waals surface area contributed by atoms with Crippen LogP contribution in [0.2, 0.25) is 0 Å². The highest BCUT2D eigenvalue weighted by molar-refractivity contribution is 5.94. The Kier molecular flexibility index (Phi) is 4.97. The van der Waals surface area contributed by atoms with E-state index in [1.165, 1.54) is 0 Å². The van der Waals surface area contributed by atoms with Crippen LogP contribution in [-0.2, 0) is 0 Å². The van der Waals surface area contributed by atoms with Crippen LogP contribution < -0.4 is 4.74 Å². The molecule has 0 unspecified atom stereocenters. The molecule has 1 amide bonds. The van der Waals surface area contributed by atoms with Crippen molar-refractivity contribution in [3.05, 3.63) is 29.8 Å². The van der Waals surface area contributed by atoms with E-state index in [2.05, 4.69) is 4.90 Å². The molecular weight excluding hydrogens is 216 g/mol. The lowest BCUT2D eigenvalue weighted by Gasteiger charge is -2.19. The lowest BCUT2D eigenvalue weighted by molar-refractivity contribution is 0.0786. The summed E-state index contributed by atoms with van der Waals surface area (Å²) in [5, 5.41) is 0. The third-order valence-corrected chi connectivity index (χ3v) is 2.55. The number of amides is 1. The highest BCUT2D eigenvalue weighted by Crippen LogP contribution is 2.13. The van der Waals surface area contributed by atoms with Crippen molar-refractivity contribution in [1.29, 1.82) is 0 Å². The highest BCUT2D eigenvalue weighted by Gasteiger charge is 2.11. The molecule has 4 heteroatoms. The maximum atomic E-state index is 12.1. The average Bonchev–Trinajstić information content (AvgIpc) is 2.35. The van der Waals surface area contributed by atoms with Crippen LogP contribution in [-0.4, -0.2) is 57.0 Å². The van der Waals surface area contributed by atoms with E-state index in [0.717, 1.165) is 6.54 Å². The number of methoxy groups -OCH3 is 1. The summed E-state index contributed by atoms with van der Waals surface area (Å²) in [6.07, 6.45) is 0. The van der Waals surface area contributed by atoms with Crippen molar-refractivity contribution in [1.82, 2.24) is 9.80 Å². The molecule has 1 aromatic carbocycles. The van der Waals surface area contributed by atoms with E-state index in [9.17, 15) is 4.79 Å². The normalized spacial score (nSPS) is 10.4. The molecule has 0 N–H and O–H groups in total. The van der Waals surface area contributed by atoms with Crippen LogP contribution in [0.1, 0.15) is 10.4 Å². The van der Waals surface area contributed by atoms with Crippen LogP contribution in [0.3, 0.4) is 0 Å². The predicted molar refractivity (Wildman–Crippen MR) is 68.5 cm³/mol. The van der Waals surface area contributed by atoms with Gasteiger partial charge < -0.3 is 14.5 Å². The van der Waals surface area contributed by atoms with E-state index in [1.807, 2.05) is 33.3 Å². The summed E-state index contributed by atoms with van der Waals surface area (Å²) >= 11 is 0. The molecular formula is C13H20N2O2. The summed E-state index contributed by atoms with van der Waals surface area (Å²) in [5.41, 5.74) is 0.658. The summed E-state index contributed by atoms with van der Waals surface area (Å²) < 4.78 is 5.10. The van der Waals surface area contributed by atoms with Gasteiger partial charge in [0.2, 0.25) is 0 Å². The number of rotatable bonds is 5. The summed E-state index contributed by atoms with van der Waals surface area (Å²) in [6.45, 7) is 1.56. The van der Waals surface area contributed by atoms with Crippen LogP contribution >= 0.6 is 0 Å². The molecule has 1 rings (SSSR count). The predicted octanol–water partition coefficient (Wildman–Crippen LogP) is 1.33. The number of carbonyl (C=O) groups excluding carboxylic acids is 1. The van der Waals surface area contributed by atoms with Crippen LogP contribution in [0.25, 0.3) is 0 Å². The SMILES string of the molecule is COc1cccc(C(=O)N(C)CCN(C)C)c1. The Labute approximate surface area is 103 Å². The Bertz CT molecular complexity index is 377. The monoisotopic (exact) mass is 236 g/mol. The molecule has 0 bridgehead atoms. The quantitative estimate of drug-likeness (QED) is 0.773. The van der Waals surface area contributed by atoms with Gasteiger partial charge in [0.25, 0.3) is 5.91 Å². The van der Waals surface area contributed by atoms with Gasteiger partial charge in [0.15, 0.2) is 0 Å². The number of ether oxygens (including phenoxy) is 1. The first-order chi connectivity index (χ1) is 8.04. The second-order valence-corrected chi connectivity index (χ2v) is 4.26. The minimum atomic E-state index is 0.0192. The van der Waals surface area contributed by atoms with Gasteiger partial charge in [-0.2, -0.15) is 0 Å². The van der Waals surface area contributed by atoms with Crippen LogP contribution in [0.5, 0.6) is 5.75 Å². The van der Waals surface area contributed by atoms with Gasteiger partial charge in [0.1, 0.15) is 5.75 Å². The van der Waals surface area contributed by atoms with E-state index in [4.69, 9.17) is 4.74 Å². The van der Waals surface area contributed by atoms with E-state index in [-0.39, 0.29) is 5.91 Å². The molecule has 0 atom stereocenters. The highest BCUT2D eigenvalue weighted by atomic mass is 16.5. The first-order valence-corrected chi connectivity index (χ1v) is 5.59. The summed E-state index contributed by atoms with van der Waals surface area (Å²) in [4.78, 5) is 15.8. The topological polar surface area (TPSA) is 32.8 Å². The number of carbonyl (C=O) groups is 1. The van der Waals surface area contributed by atoms with Gasteiger partial charge in [-0.25, -0.2) is 0 Å². The standard InChI is InChI=1S/C13H20N2O2/c1-14(2)8-9-15(3)13(16)11-6-5-7-12(10-11)17-4/h5-7,10H,8-9H2,1-4H3. The first kappa shape index (κ1) is 13.5. The maximum Gasteiger partial charge on any atom is 0.253 e. The smallest absolute Gasteiger partial charge is 0.253 e. The maximum absolute atomic E-state index is 12.1. The molecule has 4 nitrogen and oxygen atoms in total. The van der Waals surface area contributed by atoms with Crippen molar-refractivity contribution >= 4 is 5.91 Å². The number of hydrogen-bond acceptors (Lipinski definition) is 3. The average molecular weight is 236 g/mol. The van der Waals surface area contributed by atoms with Crippen molar-refractivity contribution in [3.8, 4) is 5.75 Å². The molecule has 94 valence electrons. The Hall–Kier alpha value is -1.55. The number of nitrogens with zero attached hydrogens (tertiary/aromatic N) is 2. The molecule has 17 heavy (non-hydrogen) atoms. The zero-order valence-corrected chi connectivity index (χ0v) is 10.9. The van der Waals surface area contributed by atoms with E-state index < -0.39 is 0 Å². The molecule has 0 aliphatic rings. The van der Waals surface area contributed by atoms with Gasteiger partial charge in [-0.1, -0.05) is 6.07 Å². The summed E-state index contributed by atoms with van der Waals surface area (Å²) in [5.74, 6) is 0.725. The van der Waals surface area contributed by atoms with Crippen molar-refractivity contribution < 1.29 is 9.53 Å².